The fourth-order valence-corrected chi connectivity index (χ4v) is 9.37. The van der Waals surface area contributed by atoms with Crippen molar-refractivity contribution in [2.75, 3.05) is 52.8 Å². The SMILES string of the molecule is C=CCOC12Oc3ccc(Oc4cccc([N+](=O)[O-])c4)cc3C3C(CCCCO)C(CCCCO)C=C(C(=NOCC)CC1N(CCOCCO)C(=O)C=Cc1ccc([N+](=O)[O-])cc1)C32. The second kappa shape index (κ2) is 23.3. The van der Waals surface area contributed by atoms with Gasteiger partial charge in [0, 0.05) is 61.9 Å². The summed E-state index contributed by atoms with van der Waals surface area (Å²) < 4.78 is 26.3. The number of oxime groups is 1. The van der Waals surface area contributed by atoms with Crippen LogP contribution >= 0.6 is 0 Å². The van der Waals surface area contributed by atoms with Gasteiger partial charge in [0.1, 0.15) is 29.9 Å². The van der Waals surface area contributed by atoms with Crippen LogP contribution in [0, 0.1) is 38.0 Å². The van der Waals surface area contributed by atoms with Gasteiger partial charge in [-0.05, 0) is 98.1 Å². The number of allylic oxidation sites excluding steroid dienone is 1. The van der Waals surface area contributed by atoms with E-state index < -0.39 is 33.5 Å². The van der Waals surface area contributed by atoms with Crippen LogP contribution in [-0.2, 0) is 19.1 Å². The largest absolute Gasteiger partial charge is 0.459 e. The molecule has 1 amide bonds. The predicted molar refractivity (Wildman–Crippen MR) is 242 cm³/mol. The normalized spacial score (nSPS) is 22.6. The summed E-state index contributed by atoms with van der Waals surface area (Å²) in [7, 11) is 0. The molecule has 6 atom stereocenters. The monoisotopic (exact) mass is 898 g/mol. The van der Waals surface area contributed by atoms with Crippen LogP contribution in [0.4, 0.5) is 11.4 Å². The Morgan fingerprint density at radius 2 is 1.68 bits per heavy atom. The Bertz CT molecular complexity index is 2210. The number of ether oxygens (including phenoxy) is 4. The van der Waals surface area contributed by atoms with Gasteiger partial charge in [0.2, 0.25) is 11.7 Å². The number of non-ortho nitro benzene ring substituents is 2. The van der Waals surface area contributed by atoms with Crippen LogP contribution < -0.4 is 9.47 Å². The summed E-state index contributed by atoms with van der Waals surface area (Å²) in [4.78, 5) is 44.2. The molecule has 65 heavy (non-hydrogen) atoms. The summed E-state index contributed by atoms with van der Waals surface area (Å²) >= 11 is 0. The van der Waals surface area contributed by atoms with E-state index in [2.05, 4.69) is 12.7 Å². The first-order valence-electron chi connectivity index (χ1n) is 22.1. The number of benzene rings is 3. The topological polar surface area (TPSA) is 226 Å². The summed E-state index contributed by atoms with van der Waals surface area (Å²) in [6.45, 7) is 6.06. The molecule has 3 N–H and O–H groups in total. The number of rotatable bonds is 25. The summed E-state index contributed by atoms with van der Waals surface area (Å²) in [5, 5.41) is 57.1. The highest BCUT2D eigenvalue weighted by Gasteiger charge is 2.65. The molecule has 1 fully saturated rings. The molecular weight excluding hydrogens is 841 g/mol. The highest BCUT2D eigenvalue weighted by molar-refractivity contribution is 6.03. The number of nitro groups is 2. The van der Waals surface area contributed by atoms with Crippen molar-refractivity contribution in [3.05, 3.63) is 128 Å². The number of carbonyl (C=O) groups is 1. The molecule has 0 aromatic heterocycles. The molecule has 17 heteroatoms. The molecule has 1 aliphatic heterocycles. The smallest absolute Gasteiger partial charge is 0.273 e. The maximum Gasteiger partial charge on any atom is 0.273 e. The first kappa shape index (κ1) is 48.5. The van der Waals surface area contributed by atoms with E-state index in [0.717, 1.165) is 24.0 Å². The predicted octanol–water partition coefficient (Wildman–Crippen LogP) is 7.50. The maximum absolute atomic E-state index is 14.8. The third kappa shape index (κ3) is 11.5. The molecule has 348 valence electrons. The molecular formula is C48H58N4O13. The van der Waals surface area contributed by atoms with Crippen molar-refractivity contribution >= 4 is 29.1 Å². The number of aliphatic hydroxyl groups excluding tert-OH is 3. The first-order valence-corrected chi connectivity index (χ1v) is 22.1. The van der Waals surface area contributed by atoms with E-state index in [-0.39, 0.29) is 94.1 Å². The van der Waals surface area contributed by atoms with Crippen molar-refractivity contribution in [2.45, 2.75) is 69.6 Å². The Morgan fingerprint density at radius 3 is 2.37 bits per heavy atom. The summed E-state index contributed by atoms with van der Waals surface area (Å²) in [5.41, 5.74) is 2.56. The summed E-state index contributed by atoms with van der Waals surface area (Å²) in [5.74, 6) is -1.96. The van der Waals surface area contributed by atoms with Crippen LogP contribution in [0.5, 0.6) is 17.2 Å². The van der Waals surface area contributed by atoms with Crippen molar-refractivity contribution in [1.82, 2.24) is 4.90 Å². The Kier molecular flexibility index (Phi) is 17.4. The third-order valence-electron chi connectivity index (χ3n) is 12.1. The van der Waals surface area contributed by atoms with E-state index in [9.17, 15) is 40.3 Å². The number of unbranched alkanes of at least 4 members (excludes halogenated alkanes) is 2. The molecule has 0 saturated heterocycles. The maximum atomic E-state index is 14.8. The van der Waals surface area contributed by atoms with E-state index >= 15 is 0 Å². The van der Waals surface area contributed by atoms with Crippen LogP contribution in [0.2, 0.25) is 0 Å². The lowest BCUT2D eigenvalue weighted by Crippen LogP contribution is -2.70. The average molecular weight is 899 g/mol. The van der Waals surface area contributed by atoms with Gasteiger partial charge in [-0.25, -0.2) is 0 Å². The molecule has 0 spiro atoms. The Labute approximate surface area is 377 Å². The zero-order chi connectivity index (χ0) is 46.3. The minimum Gasteiger partial charge on any atom is -0.459 e. The van der Waals surface area contributed by atoms with E-state index in [4.69, 9.17) is 28.9 Å². The molecule has 6 rings (SSSR count). The third-order valence-corrected chi connectivity index (χ3v) is 12.1. The molecule has 6 unspecified atom stereocenters. The molecule has 2 aliphatic carbocycles. The van der Waals surface area contributed by atoms with Crippen LogP contribution in [0.25, 0.3) is 6.08 Å². The van der Waals surface area contributed by atoms with E-state index in [1.54, 1.807) is 53.5 Å². The first-order chi connectivity index (χ1) is 31.6. The number of hydrogen-bond donors (Lipinski definition) is 3. The number of carbonyl (C=O) groups excluding carboxylic acids is 1. The molecule has 3 aromatic carbocycles. The second-order valence-corrected chi connectivity index (χ2v) is 16.1. The summed E-state index contributed by atoms with van der Waals surface area (Å²) in [6, 6.07) is 16.3. The molecule has 0 radical (unpaired) electrons. The van der Waals surface area contributed by atoms with Gasteiger partial charge < -0.3 is 44.0 Å². The van der Waals surface area contributed by atoms with Crippen molar-refractivity contribution in [3.8, 4) is 17.2 Å². The Hall–Kier alpha value is -5.98. The molecule has 1 heterocycles. The minimum absolute atomic E-state index is 0.0143. The van der Waals surface area contributed by atoms with E-state index in [0.29, 0.717) is 48.5 Å². The Morgan fingerprint density at radius 1 is 0.938 bits per heavy atom. The zero-order valence-corrected chi connectivity index (χ0v) is 36.6. The molecule has 3 aliphatic rings. The van der Waals surface area contributed by atoms with E-state index in [1.165, 1.54) is 30.3 Å². The second-order valence-electron chi connectivity index (χ2n) is 16.1. The van der Waals surface area contributed by atoms with Crippen LogP contribution in [0.15, 0.2) is 102 Å². The fraction of sp³-hybridized carbons (Fsp3) is 0.458. The van der Waals surface area contributed by atoms with Crippen molar-refractivity contribution < 1.29 is 53.7 Å². The van der Waals surface area contributed by atoms with Gasteiger partial charge in [0.25, 0.3) is 11.4 Å². The summed E-state index contributed by atoms with van der Waals surface area (Å²) in [6.07, 6.45) is 11.0. The lowest BCUT2D eigenvalue weighted by Gasteiger charge is -2.60. The molecule has 17 nitrogen and oxygen atoms in total. The fourth-order valence-electron chi connectivity index (χ4n) is 9.37. The zero-order valence-electron chi connectivity index (χ0n) is 36.6. The highest BCUT2D eigenvalue weighted by atomic mass is 16.7. The lowest BCUT2D eigenvalue weighted by molar-refractivity contribution is -0.385. The van der Waals surface area contributed by atoms with Crippen molar-refractivity contribution in [2.24, 2.45) is 22.9 Å². The molecule has 0 bridgehead atoms. The Balaban J connectivity index is 1.56. The number of aliphatic hydroxyl groups is 3. The van der Waals surface area contributed by atoms with Gasteiger partial charge >= 0.3 is 0 Å². The number of nitro benzene ring substituents is 2. The number of fused-ring (bicyclic) bond motifs is 2. The van der Waals surface area contributed by atoms with Crippen LogP contribution in [-0.4, -0.2) is 106 Å². The molecule has 1 saturated carbocycles. The van der Waals surface area contributed by atoms with E-state index in [1.807, 2.05) is 13.0 Å². The van der Waals surface area contributed by atoms with Crippen molar-refractivity contribution in [3.63, 3.8) is 0 Å². The lowest BCUT2D eigenvalue weighted by atomic mass is 9.55. The van der Waals surface area contributed by atoms with Gasteiger partial charge in [0.05, 0.1) is 54.0 Å². The van der Waals surface area contributed by atoms with Gasteiger partial charge in [-0.15, -0.1) is 6.58 Å². The molecule has 3 aromatic rings. The quantitative estimate of drug-likeness (QED) is 0.0247. The van der Waals surface area contributed by atoms with Gasteiger partial charge in [0.15, 0.2) is 0 Å². The van der Waals surface area contributed by atoms with Gasteiger partial charge in [-0.1, -0.05) is 36.2 Å². The number of nitrogens with zero attached hydrogens (tertiary/aromatic N) is 4. The van der Waals surface area contributed by atoms with Gasteiger partial charge in [-0.2, -0.15) is 0 Å². The van der Waals surface area contributed by atoms with Crippen LogP contribution in [0.3, 0.4) is 0 Å². The standard InChI is InChI=1S/C48H58N4O13/c1-3-26-62-48-44(50(22-27-61-28-25-55)45(56)21-16-33-14-17-35(18-15-33)51(57)58)32-42(49-63-4-2)40-29-34(10-5-7-23-53)39(13-6-8-24-54)46(47(40)48)41-31-38(19-20-43(41)65-48)64-37-12-9-11-36(30-37)52(59)60/h3,9,11-12,14-21,29-31,34,39,44,46-47,53-55H,1,4-8,10,13,22-28,32H2,2H3. The average Bonchev–Trinajstić information content (AvgIpc) is 3.31. The minimum atomic E-state index is -1.58. The van der Waals surface area contributed by atoms with Crippen LogP contribution in [0.1, 0.15) is 68.9 Å². The van der Waals surface area contributed by atoms with Gasteiger partial charge in [-0.3, -0.25) is 25.0 Å². The van der Waals surface area contributed by atoms with Crippen molar-refractivity contribution in [1.29, 1.82) is 0 Å². The number of hydrogen-bond acceptors (Lipinski definition) is 14. The number of amides is 1. The highest BCUT2D eigenvalue weighted by Crippen LogP contribution is 2.62.